The summed E-state index contributed by atoms with van der Waals surface area (Å²) in [6.45, 7) is 2.90. The Hall–Kier alpha value is -1.91. The summed E-state index contributed by atoms with van der Waals surface area (Å²) in [5.41, 5.74) is 3.52. The van der Waals surface area contributed by atoms with Gasteiger partial charge in [-0.15, -0.1) is 0 Å². The van der Waals surface area contributed by atoms with Crippen LogP contribution < -0.4 is 10.2 Å². The molecule has 2 aromatic rings. The fourth-order valence-corrected chi connectivity index (χ4v) is 2.30. The number of nitrogens with zero attached hydrogens (tertiary/aromatic N) is 2. The SMILES string of the molecule is CCc1ccc([C@@H](CO)NCc2ccc(N(C)C)nc2)cc1. The van der Waals surface area contributed by atoms with Crippen molar-refractivity contribution in [2.75, 3.05) is 25.6 Å². The Kier molecular flexibility index (Phi) is 5.92. The minimum Gasteiger partial charge on any atom is -0.394 e. The molecule has 0 bridgehead atoms. The van der Waals surface area contributed by atoms with Gasteiger partial charge < -0.3 is 15.3 Å². The van der Waals surface area contributed by atoms with E-state index in [1.165, 1.54) is 5.56 Å². The van der Waals surface area contributed by atoms with Crippen LogP contribution in [-0.2, 0) is 13.0 Å². The summed E-state index contributed by atoms with van der Waals surface area (Å²) in [5, 5.41) is 13.0. The van der Waals surface area contributed by atoms with Crippen molar-refractivity contribution in [1.29, 1.82) is 0 Å². The number of aliphatic hydroxyl groups excluding tert-OH is 1. The van der Waals surface area contributed by atoms with Crippen LogP contribution in [0.5, 0.6) is 0 Å². The smallest absolute Gasteiger partial charge is 0.127 e. The van der Waals surface area contributed by atoms with Crippen molar-refractivity contribution in [1.82, 2.24) is 10.3 Å². The van der Waals surface area contributed by atoms with Gasteiger partial charge in [0, 0.05) is 26.8 Å². The Morgan fingerprint density at radius 1 is 1.09 bits per heavy atom. The second-order valence-corrected chi connectivity index (χ2v) is 5.63. The Labute approximate surface area is 132 Å². The molecule has 0 saturated heterocycles. The molecule has 1 atom stereocenters. The van der Waals surface area contributed by atoms with Crippen molar-refractivity contribution < 1.29 is 5.11 Å². The molecular formula is C18H25N3O. The van der Waals surface area contributed by atoms with E-state index in [4.69, 9.17) is 0 Å². The lowest BCUT2D eigenvalue weighted by Crippen LogP contribution is -2.24. The van der Waals surface area contributed by atoms with Gasteiger partial charge in [-0.3, -0.25) is 0 Å². The van der Waals surface area contributed by atoms with E-state index in [1.54, 1.807) is 0 Å². The first kappa shape index (κ1) is 16.5. The molecular weight excluding hydrogens is 274 g/mol. The zero-order valence-electron chi connectivity index (χ0n) is 13.6. The van der Waals surface area contributed by atoms with E-state index in [1.807, 2.05) is 31.3 Å². The minimum atomic E-state index is -0.0561. The highest BCUT2D eigenvalue weighted by atomic mass is 16.3. The summed E-state index contributed by atoms with van der Waals surface area (Å²) in [4.78, 5) is 6.38. The van der Waals surface area contributed by atoms with Gasteiger partial charge in [0.25, 0.3) is 0 Å². The third-order valence-electron chi connectivity index (χ3n) is 3.79. The van der Waals surface area contributed by atoms with Crippen molar-refractivity contribution in [3.05, 3.63) is 59.3 Å². The van der Waals surface area contributed by atoms with Gasteiger partial charge in [0.1, 0.15) is 5.82 Å². The lowest BCUT2D eigenvalue weighted by atomic mass is 10.0. The summed E-state index contributed by atoms with van der Waals surface area (Å²) in [5.74, 6) is 0.942. The molecule has 0 saturated carbocycles. The fourth-order valence-electron chi connectivity index (χ4n) is 2.30. The third kappa shape index (κ3) is 4.29. The monoisotopic (exact) mass is 299 g/mol. The molecule has 2 N–H and O–H groups in total. The molecule has 0 aliphatic heterocycles. The summed E-state index contributed by atoms with van der Waals surface area (Å²) in [6, 6.07) is 12.4. The zero-order chi connectivity index (χ0) is 15.9. The van der Waals surface area contributed by atoms with Crippen LogP contribution in [0.4, 0.5) is 5.82 Å². The predicted octanol–water partition coefficient (Wildman–Crippen LogP) is 2.53. The third-order valence-corrected chi connectivity index (χ3v) is 3.79. The lowest BCUT2D eigenvalue weighted by Gasteiger charge is -2.17. The number of aryl methyl sites for hydroxylation is 1. The Morgan fingerprint density at radius 3 is 2.27 bits per heavy atom. The molecule has 0 radical (unpaired) electrons. The average Bonchev–Trinajstić information content (AvgIpc) is 2.56. The topological polar surface area (TPSA) is 48.4 Å². The van der Waals surface area contributed by atoms with Crippen molar-refractivity contribution in [3.8, 4) is 0 Å². The first-order chi connectivity index (χ1) is 10.6. The molecule has 2 rings (SSSR count). The highest BCUT2D eigenvalue weighted by molar-refractivity contribution is 5.37. The van der Waals surface area contributed by atoms with Crippen LogP contribution >= 0.6 is 0 Å². The van der Waals surface area contributed by atoms with Crippen LogP contribution in [0.2, 0.25) is 0 Å². The number of anilines is 1. The minimum absolute atomic E-state index is 0.0561. The molecule has 0 aliphatic carbocycles. The molecule has 1 aromatic heterocycles. The number of benzene rings is 1. The Morgan fingerprint density at radius 2 is 1.77 bits per heavy atom. The number of nitrogens with one attached hydrogen (secondary N) is 1. The van der Waals surface area contributed by atoms with Crippen LogP contribution in [-0.4, -0.2) is 30.8 Å². The molecule has 4 nitrogen and oxygen atoms in total. The van der Waals surface area contributed by atoms with E-state index in [-0.39, 0.29) is 12.6 Å². The van der Waals surface area contributed by atoms with E-state index in [2.05, 4.69) is 47.6 Å². The van der Waals surface area contributed by atoms with Crippen LogP contribution in [0.15, 0.2) is 42.6 Å². The zero-order valence-corrected chi connectivity index (χ0v) is 13.6. The van der Waals surface area contributed by atoms with Crippen LogP contribution in [0.1, 0.15) is 29.7 Å². The normalized spacial score (nSPS) is 12.2. The molecule has 22 heavy (non-hydrogen) atoms. The average molecular weight is 299 g/mol. The predicted molar refractivity (Wildman–Crippen MR) is 91.1 cm³/mol. The van der Waals surface area contributed by atoms with E-state index in [9.17, 15) is 5.11 Å². The fraction of sp³-hybridized carbons (Fsp3) is 0.389. The molecule has 0 aliphatic rings. The van der Waals surface area contributed by atoms with Crippen molar-refractivity contribution in [2.45, 2.75) is 25.9 Å². The summed E-state index contributed by atoms with van der Waals surface area (Å²) < 4.78 is 0. The van der Waals surface area contributed by atoms with Gasteiger partial charge in [0.2, 0.25) is 0 Å². The van der Waals surface area contributed by atoms with Gasteiger partial charge in [-0.2, -0.15) is 0 Å². The second-order valence-electron chi connectivity index (χ2n) is 5.63. The maximum absolute atomic E-state index is 9.62. The van der Waals surface area contributed by atoms with E-state index < -0.39 is 0 Å². The molecule has 1 aromatic carbocycles. The molecule has 0 amide bonds. The molecule has 0 spiro atoms. The quantitative estimate of drug-likeness (QED) is 0.825. The number of rotatable bonds is 7. The number of aromatic nitrogens is 1. The van der Waals surface area contributed by atoms with Gasteiger partial charge in [-0.25, -0.2) is 4.98 Å². The van der Waals surface area contributed by atoms with Crippen LogP contribution in [0.3, 0.4) is 0 Å². The van der Waals surface area contributed by atoms with Crippen LogP contribution in [0, 0.1) is 0 Å². The van der Waals surface area contributed by atoms with E-state index >= 15 is 0 Å². The number of pyridine rings is 1. The summed E-state index contributed by atoms with van der Waals surface area (Å²) in [6.07, 6.45) is 2.90. The van der Waals surface area contributed by atoms with Crippen LogP contribution in [0.25, 0.3) is 0 Å². The van der Waals surface area contributed by atoms with Crippen molar-refractivity contribution in [2.24, 2.45) is 0 Å². The first-order valence-electron chi connectivity index (χ1n) is 7.69. The first-order valence-corrected chi connectivity index (χ1v) is 7.69. The second kappa shape index (κ2) is 7.92. The van der Waals surface area contributed by atoms with E-state index in [0.717, 1.165) is 23.4 Å². The van der Waals surface area contributed by atoms with Crippen molar-refractivity contribution >= 4 is 5.82 Å². The van der Waals surface area contributed by atoms with Gasteiger partial charge in [0.05, 0.1) is 12.6 Å². The lowest BCUT2D eigenvalue weighted by molar-refractivity contribution is 0.243. The molecule has 0 fully saturated rings. The highest BCUT2D eigenvalue weighted by Crippen LogP contribution is 2.15. The van der Waals surface area contributed by atoms with Gasteiger partial charge in [-0.05, 0) is 29.2 Å². The highest BCUT2D eigenvalue weighted by Gasteiger charge is 2.09. The molecule has 4 heteroatoms. The summed E-state index contributed by atoms with van der Waals surface area (Å²) in [7, 11) is 3.95. The standard InChI is InChI=1S/C18H25N3O/c1-4-14-5-8-16(9-6-14)17(13-22)19-11-15-7-10-18(20-12-15)21(2)3/h5-10,12,17,19,22H,4,11,13H2,1-3H3/t17-/m1/s1. The maximum Gasteiger partial charge on any atom is 0.127 e. The largest absolute Gasteiger partial charge is 0.394 e. The number of hydrogen-bond donors (Lipinski definition) is 2. The number of aliphatic hydroxyl groups is 1. The van der Waals surface area contributed by atoms with Gasteiger partial charge in [-0.1, -0.05) is 37.3 Å². The van der Waals surface area contributed by atoms with Crippen molar-refractivity contribution in [3.63, 3.8) is 0 Å². The Balaban J connectivity index is 1.97. The Bertz CT molecular complexity index is 564. The van der Waals surface area contributed by atoms with Gasteiger partial charge in [0.15, 0.2) is 0 Å². The van der Waals surface area contributed by atoms with Gasteiger partial charge >= 0.3 is 0 Å². The summed E-state index contributed by atoms with van der Waals surface area (Å²) >= 11 is 0. The molecule has 118 valence electrons. The van der Waals surface area contributed by atoms with E-state index in [0.29, 0.717) is 6.54 Å². The number of hydrogen-bond acceptors (Lipinski definition) is 4. The molecule has 1 heterocycles. The molecule has 0 unspecified atom stereocenters. The maximum atomic E-state index is 9.62.